The molecule has 0 aliphatic heterocycles. The Morgan fingerprint density at radius 1 is 0.912 bits per heavy atom. The number of para-hydroxylation sites is 1. The summed E-state index contributed by atoms with van der Waals surface area (Å²) in [6.45, 7) is 1.53. The van der Waals surface area contributed by atoms with Crippen molar-refractivity contribution >= 4 is 38.3 Å². The quantitative estimate of drug-likeness (QED) is 0.441. The smallest absolute Gasteiger partial charge is 0.324 e. The zero-order valence-electron chi connectivity index (χ0n) is 19.2. The van der Waals surface area contributed by atoms with E-state index in [9.17, 15) is 18.0 Å². The zero-order chi connectivity index (χ0) is 24.5. The molecule has 0 bridgehead atoms. The van der Waals surface area contributed by atoms with Gasteiger partial charge in [0.05, 0.1) is 21.6 Å². The predicted molar refractivity (Wildman–Crippen MR) is 134 cm³/mol. The summed E-state index contributed by atoms with van der Waals surface area (Å²) in [5.74, 6) is -0.495. The van der Waals surface area contributed by atoms with Crippen LogP contribution in [0.4, 0.5) is 11.4 Å². The van der Waals surface area contributed by atoms with Gasteiger partial charge in [0, 0.05) is 19.8 Å². The number of hydrogen-bond donors (Lipinski definition) is 1. The second-order valence-electron chi connectivity index (χ2n) is 7.96. The molecule has 176 valence electrons. The first-order valence-electron chi connectivity index (χ1n) is 10.8. The third kappa shape index (κ3) is 4.22. The van der Waals surface area contributed by atoms with Crippen LogP contribution in [0.15, 0.2) is 82.5 Å². The molecule has 0 atom stereocenters. The van der Waals surface area contributed by atoms with Crippen molar-refractivity contribution in [1.82, 2.24) is 9.13 Å². The number of aryl methyl sites for hydroxylation is 3. The Bertz CT molecular complexity index is 1520. The minimum atomic E-state index is -3.99. The van der Waals surface area contributed by atoms with Crippen LogP contribution in [0.5, 0.6) is 0 Å². The van der Waals surface area contributed by atoms with Gasteiger partial charge in [-0.1, -0.05) is 43.3 Å². The number of imidazole rings is 1. The molecule has 8 nitrogen and oxygen atoms in total. The van der Waals surface area contributed by atoms with E-state index >= 15 is 0 Å². The largest absolute Gasteiger partial charge is 0.328 e. The Labute approximate surface area is 198 Å². The molecule has 0 radical (unpaired) electrons. The van der Waals surface area contributed by atoms with Crippen molar-refractivity contribution in [2.45, 2.75) is 18.2 Å². The summed E-state index contributed by atoms with van der Waals surface area (Å²) in [5.41, 5.74) is 2.97. The summed E-state index contributed by atoms with van der Waals surface area (Å²) in [5, 5.41) is 2.78. The number of carbonyl (C=O) groups excluding carboxylic acids is 1. The molecule has 1 heterocycles. The van der Waals surface area contributed by atoms with Crippen molar-refractivity contribution in [3.8, 4) is 0 Å². The van der Waals surface area contributed by atoms with Crippen molar-refractivity contribution in [2.24, 2.45) is 14.1 Å². The van der Waals surface area contributed by atoms with Gasteiger partial charge in [-0.2, -0.15) is 0 Å². The number of benzene rings is 3. The topological polar surface area (TPSA) is 93.4 Å². The monoisotopic (exact) mass is 478 g/mol. The maximum Gasteiger partial charge on any atom is 0.328 e. The van der Waals surface area contributed by atoms with Gasteiger partial charge in [0.15, 0.2) is 0 Å². The van der Waals surface area contributed by atoms with E-state index in [0.717, 1.165) is 15.4 Å². The van der Waals surface area contributed by atoms with Gasteiger partial charge in [-0.15, -0.1) is 0 Å². The van der Waals surface area contributed by atoms with Crippen LogP contribution in [0.25, 0.3) is 11.0 Å². The van der Waals surface area contributed by atoms with Gasteiger partial charge in [0.25, 0.3) is 10.0 Å². The first-order valence-corrected chi connectivity index (χ1v) is 12.3. The van der Waals surface area contributed by atoms with E-state index < -0.39 is 22.5 Å². The van der Waals surface area contributed by atoms with Crippen LogP contribution >= 0.6 is 0 Å². The van der Waals surface area contributed by atoms with Gasteiger partial charge >= 0.3 is 5.69 Å². The molecule has 4 rings (SSSR count). The van der Waals surface area contributed by atoms with Crippen LogP contribution in [0.2, 0.25) is 0 Å². The lowest BCUT2D eigenvalue weighted by Gasteiger charge is -2.26. The van der Waals surface area contributed by atoms with Crippen LogP contribution in [0, 0.1) is 0 Å². The average molecular weight is 479 g/mol. The summed E-state index contributed by atoms with van der Waals surface area (Å²) >= 11 is 0. The molecule has 1 N–H and O–H groups in total. The second-order valence-corrected chi connectivity index (χ2v) is 9.82. The maximum absolute atomic E-state index is 13.6. The molecule has 0 saturated carbocycles. The standard InChI is InChI=1S/C25H26N4O4S/c1-4-18-10-8-9-13-21(18)29(34(32,33)20-11-6-5-7-12-20)17-24(30)26-19-14-15-22-23(16-19)28(3)25(31)27(22)2/h5-16H,4,17H2,1-3H3,(H,26,30). The van der Waals surface area contributed by atoms with Crippen molar-refractivity contribution in [2.75, 3.05) is 16.2 Å². The highest BCUT2D eigenvalue weighted by Gasteiger charge is 2.28. The van der Waals surface area contributed by atoms with Gasteiger partial charge < -0.3 is 5.32 Å². The Morgan fingerprint density at radius 3 is 2.26 bits per heavy atom. The van der Waals surface area contributed by atoms with Crippen LogP contribution in [0.3, 0.4) is 0 Å². The minimum Gasteiger partial charge on any atom is -0.324 e. The number of amides is 1. The van der Waals surface area contributed by atoms with E-state index in [-0.39, 0.29) is 10.6 Å². The normalized spacial score (nSPS) is 11.5. The average Bonchev–Trinajstić information content (AvgIpc) is 3.06. The highest BCUT2D eigenvalue weighted by Crippen LogP contribution is 2.28. The van der Waals surface area contributed by atoms with E-state index in [4.69, 9.17) is 0 Å². The first-order chi connectivity index (χ1) is 16.2. The second kappa shape index (κ2) is 9.18. The fourth-order valence-electron chi connectivity index (χ4n) is 3.99. The van der Waals surface area contributed by atoms with E-state index in [1.54, 1.807) is 62.6 Å². The number of aromatic nitrogens is 2. The number of sulfonamides is 1. The molecular weight excluding hydrogens is 452 g/mol. The van der Waals surface area contributed by atoms with E-state index in [2.05, 4.69) is 5.32 Å². The van der Waals surface area contributed by atoms with E-state index in [0.29, 0.717) is 23.3 Å². The SMILES string of the molecule is CCc1ccccc1N(CC(=O)Nc1ccc2c(c1)n(C)c(=O)n2C)S(=O)(=O)c1ccccc1. The number of hydrogen-bond acceptors (Lipinski definition) is 4. The number of anilines is 2. The third-order valence-electron chi connectivity index (χ3n) is 5.82. The molecule has 0 aliphatic carbocycles. The minimum absolute atomic E-state index is 0.106. The molecule has 1 amide bonds. The van der Waals surface area contributed by atoms with Crippen LogP contribution in [0.1, 0.15) is 12.5 Å². The van der Waals surface area contributed by atoms with Crippen molar-refractivity contribution < 1.29 is 13.2 Å². The Morgan fingerprint density at radius 2 is 1.56 bits per heavy atom. The molecular formula is C25H26N4O4S. The molecule has 1 aromatic heterocycles. The van der Waals surface area contributed by atoms with Crippen LogP contribution < -0.4 is 15.3 Å². The van der Waals surface area contributed by atoms with Gasteiger partial charge in [-0.05, 0) is 48.4 Å². The fourth-order valence-corrected chi connectivity index (χ4v) is 5.47. The zero-order valence-corrected chi connectivity index (χ0v) is 20.0. The Kier molecular flexibility index (Phi) is 6.30. The Hall–Kier alpha value is -3.85. The van der Waals surface area contributed by atoms with E-state index in [1.165, 1.54) is 21.3 Å². The number of nitrogens with zero attached hydrogens (tertiary/aromatic N) is 3. The highest BCUT2D eigenvalue weighted by atomic mass is 32.2. The van der Waals surface area contributed by atoms with Crippen LogP contribution in [-0.2, 0) is 35.3 Å². The summed E-state index contributed by atoms with van der Waals surface area (Å²) in [7, 11) is -0.654. The summed E-state index contributed by atoms with van der Waals surface area (Å²) in [6.07, 6.45) is 0.608. The van der Waals surface area contributed by atoms with E-state index in [1.807, 2.05) is 19.1 Å². The number of rotatable bonds is 7. The molecule has 0 fully saturated rings. The van der Waals surface area contributed by atoms with Gasteiger partial charge in [0.2, 0.25) is 5.91 Å². The number of fused-ring (bicyclic) bond motifs is 1. The lowest BCUT2D eigenvalue weighted by Crippen LogP contribution is -2.38. The molecule has 34 heavy (non-hydrogen) atoms. The van der Waals surface area contributed by atoms with Gasteiger partial charge in [0.1, 0.15) is 6.54 Å². The maximum atomic E-state index is 13.6. The molecule has 0 unspecified atom stereocenters. The molecule has 4 aromatic rings. The lowest BCUT2D eigenvalue weighted by molar-refractivity contribution is -0.114. The Balaban J connectivity index is 1.69. The molecule has 3 aromatic carbocycles. The van der Waals surface area contributed by atoms with Gasteiger partial charge in [-0.25, -0.2) is 13.2 Å². The summed E-state index contributed by atoms with van der Waals surface area (Å²) in [4.78, 5) is 25.4. The van der Waals surface area contributed by atoms with Crippen LogP contribution in [-0.4, -0.2) is 30.0 Å². The van der Waals surface area contributed by atoms with Gasteiger partial charge in [-0.3, -0.25) is 18.2 Å². The molecule has 0 saturated heterocycles. The third-order valence-corrected chi connectivity index (χ3v) is 7.59. The fraction of sp³-hybridized carbons (Fsp3) is 0.200. The molecule has 0 spiro atoms. The summed E-state index contributed by atoms with van der Waals surface area (Å²) in [6, 6.07) is 20.4. The highest BCUT2D eigenvalue weighted by molar-refractivity contribution is 7.92. The first kappa shape index (κ1) is 23.3. The van der Waals surface area contributed by atoms with Crippen molar-refractivity contribution in [1.29, 1.82) is 0 Å². The van der Waals surface area contributed by atoms with Crippen molar-refractivity contribution in [3.05, 3.63) is 88.8 Å². The number of carbonyl (C=O) groups is 1. The lowest BCUT2D eigenvalue weighted by atomic mass is 10.1. The molecule has 9 heteroatoms. The molecule has 0 aliphatic rings. The predicted octanol–water partition coefficient (Wildman–Crippen LogP) is 3.27. The number of nitrogens with one attached hydrogen (secondary N) is 1. The summed E-state index contributed by atoms with van der Waals surface area (Å²) < 4.78 is 31.3. The van der Waals surface area contributed by atoms with Crippen molar-refractivity contribution in [3.63, 3.8) is 0 Å².